The van der Waals surface area contributed by atoms with Crippen LogP contribution in [-0.4, -0.2) is 38.2 Å². The molecular weight excluding hydrogens is 378 g/mol. The Morgan fingerprint density at radius 2 is 1.80 bits per heavy atom. The van der Waals surface area contributed by atoms with Crippen LogP contribution in [0.15, 0.2) is 71.7 Å². The summed E-state index contributed by atoms with van der Waals surface area (Å²) in [4.78, 5) is 30.4. The van der Waals surface area contributed by atoms with Gasteiger partial charge in [0.1, 0.15) is 12.3 Å². The highest BCUT2D eigenvalue weighted by Crippen LogP contribution is 2.35. The summed E-state index contributed by atoms with van der Waals surface area (Å²) in [6.45, 7) is 0.0192. The molecule has 6 heteroatoms. The highest BCUT2D eigenvalue weighted by molar-refractivity contribution is 6.20. The van der Waals surface area contributed by atoms with Gasteiger partial charge in [-0.15, -0.1) is 0 Å². The lowest BCUT2D eigenvalue weighted by Crippen LogP contribution is -2.27. The predicted molar refractivity (Wildman–Crippen MR) is 117 cm³/mol. The van der Waals surface area contributed by atoms with Crippen molar-refractivity contribution >= 4 is 23.2 Å². The highest BCUT2D eigenvalue weighted by Gasteiger charge is 2.24. The average Bonchev–Trinajstić information content (AvgIpc) is 2.90. The number of primary amides is 1. The van der Waals surface area contributed by atoms with E-state index in [4.69, 9.17) is 10.5 Å². The average molecular weight is 399 g/mol. The molecular formula is C24H21N3O3. The van der Waals surface area contributed by atoms with Gasteiger partial charge in [-0.2, -0.15) is 0 Å². The number of ether oxygens (including phenoxy) is 1. The molecule has 0 aromatic heterocycles. The summed E-state index contributed by atoms with van der Waals surface area (Å²) in [5.41, 5.74) is 10.6. The van der Waals surface area contributed by atoms with Crippen LogP contribution in [0.5, 0.6) is 5.75 Å². The van der Waals surface area contributed by atoms with Crippen molar-refractivity contribution in [2.24, 2.45) is 10.7 Å². The minimum atomic E-state index is -0.512. The summed E-state index contributed by atoms with van der Waals surface area (Å²) < 4.78 is 5.51. The fourth-order valence-electron chi connectivity index (χ4n) is 3.61. The van der Waals surface area contributed by atoms with Gasteiger partial charge in [0.2, 0.25) is 11.8 Å². The number of benzodiazepines with no additional fused rings is 1. The molecule has 6 nitrogen and oxygen atoms in total. The van der Waals surface area contributed by atoms with Gasteiger partial charge in [0.25, 0.3) is 0 Å². The quantitative estimate of drug-likeness (QED) is 0.731. The standard InChI is InChI=1S/C24H21N3O3/c1-27-20-11-10-15(18-8-3-4-9-21(18)30-2)13-19(20)23(26-14-22(27)28)16-6-5-7-17(12-16)24(25)29/h3-13H,14H2,1-2H3,(H2,25,29). The number of amides is 2. The molecule has 0 spiro atoms. The van der Waals surface area contributed by atoms with Crippen LogP contribution in [0.4, 0.5) is 5.69 Å². The van der Waals surface area contributed by atoms with Crippen LogP contribution in [-0.2, 0) is 4.79 Å². The highest BCUT2D eigenvalue weighted by atomic mass is 16.5. The Labute approximate surface area is 174 Å². The molecule has 0 aliphatic carbocycles. The second kappa shape index (κ2) is 7.83. The van der Waals surface area contributed by atoms with Crippen molar-refractivity contribution in [3.8, 4) is 16.9 Å². The van der Waals surface area contributed by atoms with E-state index in [0.29, 0.717) is 11.3 Å². The first-order valence-electron chi connectivity index (χ1n) is 9.48. The molecule has 4 rings (SSSR count). The van der Waals surface area contributed by atoms with Crippen LogP contribution in [0.2, 0.25) is 0 Å². The van der Waals surface area contributed by atoms with E-state index in [1.165, 1.54) is 0 Å². The molecule has 3 aromatic rings. The van der Waals surface area contributed by atoms with Crippen LogP contribution in [0.3, 0.4) is 0 Å². The van der Waals surface area contributed by atoms with E-state index in [2.05, 4.69) is 4.99 Å². The third kappa shape index (κ3) is 3.43. The normalized spacial score (nSPS) is 13.3. The van der Waals surface area contributed by atoms with Crippen molar-refractivity contribution in [2.45, 2.75) is 0 Å². The zero-order chi connectivity index (χ0) is 21.3. The zero-order valence-electron chi connectivity index (χ0n) is 16.8. The predicted octanol–water partition coefficient (Wildman–Crippen LogP) is 3.27. The van der Waals surface area contributed by atoms with Crippen molar-refractivity contribution in [2.75, 3.05) is 25.6 Å². The fraction of sp³-hybridized carbons (Fsp3) is 0.125. The lowest BCUT2D eigenvalue weighted by atomic mass is 9.94. The Hall–Kier alpha value is -3.93. The first-order valence-corrected chi connectivity index (χ1v) is 9.48. The Balaban J connectivity index is 1.93. The van der Waals surface area contributed by atoms with E-state index in [0.717, 1.165) is 33.7 Å². The van der Waals surface area contributed by atoms with Crippen LogP contribution in [0.1, 0.15) is 21.5 Å². The molecule has 2 N–H and O–H groups in total. The number of carbonyl (C=O) groups is 2. The molecule has 0 unspecified atom stereocenters. The van der Waals surface area contributed by atoms with Crippen molar-refractivity contribution in [1.29, 1.82) is 0 Å². The number of para-hydroxylation sites is 1. The fourth-order valence-corrected chi connectivity index (χ4v) is 3.61. The number of nitrogens with two attached hydrogens (primary N) is 1. The molecule has 0 bridgehead atoms. The number of fused-ring (bicyclic) bond motifs is 1. The smallest absolute Gasteiger partial charge is 0.248 e. The van der Waals surface area contributed by atoms with Gasteiger partial charge in [-0.1, -0.05) is 36.4 Å². The van der Waals surface area contributed by atoms with Gasteiger partial charge < -0.3 is 15.4 Å². The second-order valence-corrected chi connectivity index (χ2v) is 6.99. The molecule has 150 valence electrons. The monoisotopic (exact) mass is 399 g/mol. The number of likely N-dealkylation sites (N-methyl/N-ethyl adjacent to an activating group) is 1. The number of carbonyl (C=O) groups excluding carboxylic acids is 2. The number of aliphatic imine (C=N–C) groups is 1. The zero-order valence-corrected chi connectivity index (χ0v) is 16.8. The Morgan fingerprint density at radius 1 is 1.00 bits per heavy atom. The molecule has 30 heavy (non-hydrogen) atoms. The van der Waals surface area contributed by atoms with E-state index in [9.17, 15) is 9.59 Å². The molecule has 0 atom stereocenters. The van der Waals surface area contributed by atoms with Crippen LogP contribution in [0, 0.1) is 0 Å². The van der Waals surface area contributed by atoms with Gasteiger partial charge in [0.05, 0.1) is 18.5 Å². The van der Waals surface area contributed by atoms with Crippen molar-refractivity contribution in [3.63, 3.8) is 0 Å². The molecule has 1 heterocycles. The number of hydrogen-bond donors (Lipinski definition) is 1. The topological polar surface area (TPSA) is 85.0 Å². The van der Waals surface area contributed by atoms with Gasteiger partial charge >= 0.3 is 0 Å². The van der Waals surface area contributed by atoms with Gasteiger partial charge in [0.15, 0.2) is 0 Å². The lowest BCUT2D eigenvalue weighted by molar-refractivity contribution is -0.116. The Bertz CT molecular complexity index is 1180. The van der Waals surface area contributed by atoms with E-state index >= 15 is 0 Å². The van der Waals surface area contributed by atoms with Gasteiger partial charge in [-0.3, -0.25) is 14.6 Å². The maximum absolute atomic E-state index is 12.5. The third-order valence-corrected chi connectivity index (χ3v) is 5.20. The molecule has 0 saturated heterocycles. The summed E-state index contributed by atoms with van der Waals surface area (Å²) in [5, 5.41) is 0. The third-order valence-electron chi connectivity index (χ3n) is 5.20. The number of rotatable bonds is 4. The number of benzene rings is 3. The molecule has 1 aliphatic heterocycles. The summed E-state index contributed by atoms with van der Waals surface area (Å²) in [7, 11) is 3.37. The minimum Gasteiger partial charge on any atom is -0.496 e. The Kier molecular flexibility index (Phi) is 5.06. The molecule has 0 radical (unpaired) electrons. The van der Waals surface area contributed by atoms with E-state index in [1.54, 1.807) is 37.3 Å². The largest absolute Gasteiger partial charge is 0.496 e. The number of methoxy groups -OCH3 is 1. The van der Waals surface area contributed by atoms with Crippen LogP contribution in [0.25, 0.3) is 11.1 Å². The first-order chi connectivity index (χ1) is 14.5. The van der Waals surface area contributed by atoms with Crippen LogP contribution < -0.4 is 15.4 Å². The van der Waals surface area contributed by atoms with E-state index in [-0.39, 0.29) is 12.5 Å². The minimum absolute atomic E-state index is 0.0192. The lowest BCUT2D eigenvalue weighted by Gasteiger charge is -2.19. The van der Waals surface area contributed by atoms with Crippen molar-refractivity contribution < 1.29 is 14.3 Å². The maximum atomic E-state index is 12.5. The van der Waals surface area contributed by atoms with E-state index < -0.39 is 5.91 Å². The molecule has 3 aromatic carbocycles. The summed E-state index contributed by atoms with van der Waals surface area (Å²) in [6.07, 6.45) is 0. The Morgan fingerprint density at radius 3 is 2.57 bits per heavy atom. The number of hydrogen-bond acceptors (Lipinski definition) is 4. The summed E-state index contributed by atoms with van der Waals surface area (Å²) >= 11 is 0. The molecule has 0 saturated carbocycles. The maximum Gasteiger partial charge on any atom is 0.248 e. The van der Waals surface area contributed by atoms with Crippen LogP contribution >= 0.6 is 0 Å². The molecule has 0 fully saturated rings. The second-order valence-electron chi connectivity index (χ2n) is 6.99. The number of nitrogens with zero attached hydrogens (tertiary/aromatic N) is 2. The van der Waals surface area contributed by atoms with Gasteiger partial charge in [-0.05, 0) is 35.9 Å². The van der Waals surface area contributed by atoms with Crippen molar-refractivity contribution in [3.05, 3.63) is 83.4 Å². The van der Waals surface area contributed by atoms with Gasteiger partial charge in [-0.25, -0.2) is 0 Å². The first kappa shape index (κ1) is 19.4. The summed E-state index contributed by atoms with van der Waals surface area (Å²) in [6, 6.07) is 20.6. The van der Waals surface area contributed by atoms with E-state index in [1.807, 2.05) is 48.5 Å². The van der Waals surface area contributed by atoms with Gasteiger partial charge in [0, 0.05) is 29.3 Å². The van der Waals surface area contributed by atoms with Crippen molar-refractivity contribution in [1.82, 2.24) is 0 Å². The SMILES string of the molecule is COc1ccccc1-c1ccc2c(c1)C(c1cccc(C(N)=O)c1)=NCC(=O)N2C. The molecule has 1 aliphatic rings. The summed E-state index contributed by atoms with van der Waals surface area (Å²) in [5.74, 6) is 0.134. The molecule has 2 amide bonds. The number of anilines is 1.